The first-order valence-electron chi connectivity index (χ1n) is 8.05. The number of aromatic amines is 1. The molecular weight excluding hydrogens is 310 g/mol. The van der Waals surface area contributed by atoms with Gasteiger partial charge in [-0.05, 0) is 32.3 Å². The van der Waals surface area contributed by atoms with Gasteiger partial charge in [0.25, 0.3) is 5.91 Å². The Morgan fingerprint density at radius 2 is 1.75 bits per heavy atom. The molecule has 0 bridgehead atoms. The summed E-state index contributed by atoms with van der Waals surface area (Å²) >= 11 is 0. The summed E-state index contributed by atoms with van der Waals surface area (Å²) in [6.45, 7) is 4.56. The number of likely N-dealkylation sites (tertiary alicyclic amines) is 1. The Kier molecular flexibility index (Phi) is 5.31. The van der Waals surface area contributed by atoms with Crippen LogP contribution in [0.15, 0.2) is 0 Å². The molecule has 1 N–H and O–H groups in total. The number of nitrogens with zero attached hydrogens (tertiary/aromatic N) is 2. The standard InChI is InChI=1S/C17H25N3O4/c1-10-13(17(23)24-5)11(2)18-14(10)16(22)20-8-6-12(7-9-20)15(21)19(3)4/h12,18H,6-9H2,1-5H3. The second kappa shape index (κ2) is 7.07. The van der Waals surface area contributed by atoms with Gasteiger partial charge in [-0.25, -0.2) is 4.79 Å². The molecule has 0 unspecified atom stereocenters. The smallest absolute Gasteiger partial charge is 0.339 e. The van der Waals surface area contributed by atoms with Gasteiger partial charge in [0.1, 0.15) is 5.69 Å². The molecule has 0 saturated carbocycles. The van der Waals surface area contributed by atoms with Gasteiger partial charge in [0.05, 0.1) is 12.7 Å². The molecule has 1 saturated heterocycles. The maximum atomic E-state index is 12.8. The number of esters is 1. The maximum Gasteiger partial charge on any atom is 0.339 e. The van der Waals surface area contributed by atoms with E-state index < -0.39 is 5.97 Å². The fraction of sp³-hybridized carbons (Fsp3) is 0.588. The van der Waals surface area contributed by atoms with Crippen molar-refractivity contribution < 1.29 is 19.1 Å². The number of rotatable bonds is 3. The highest BCUT2D eigenvalue weighted by molar-refractivity contribution is 6.00. The van der Waals surface area contributed by atoms with Gasteiger partial charge < -0.3 is 19.5 Å². The van der Waals surface area contributed by atoms with Crippen LogP contribution in [0.25, 0.3) is 0 Å². The lowest BCUT2D eigenvalue weighted by Gasteiger charge is -2.32. The summed E-state index contributed by atoms with van der Waals surface area (Å²) in [4.78, 5) is 43.0. The maximum absolute atomic E-state index is 12.8. The SMILES string of the molecule is COC(=O)c1c(C)[nH]c(C(=O)N2CCC(C(=O)N(C)C)CC2)c1C. The molecule has 2 amide bonds. The van der Waals surface area contributed by atoms with Crippen LogP contribution >= 0.6 is 0 Å². The molecular formula is C17H25N3O4. The quantitative estimate of drug-likeness (QED) is 0.846. The fourth-order valence-corrected chi connectivity index (χ4v) is 3.22. The molecule has 1 aromatic heterocycles. The van der Waals surface area contributed by atoms with E-state index in [9.17, 15) is 14.4 Å². The van der Waals surface area contributed by atoms with Gasteiger partial charge in [0.2, 0.25) is 5.91 Å². The van der Waals surface area contributed by atoms with E-state index in [1.54, 1.807) is 37.7 Å². The summed E-state index contributed by atoms with van der Waals surface area (Å²) in [6, 6.07) is 0. The molecule has 1 fully saturated rings. The average Bonchev–Trinajstić information content (AvgIpc) is 2.87. The Bertz CT molecular complexity index is 655. The van der Waals surface area contributed by atoms with Gasteiger partial charge in [0, 0.05) is 38.8 Å². The second-order valence-electron chi connectivity index (χ2n) is 6.42. The van der Waals surface area contributed by atoms with Crippen LogP contribution in [-0.4, -0.2) is 66.9 Å². The number of piperidine rings is 1. The van der Waals surface area contributed by atoms with Crippen molar-refractivity contribution in [2.75, 3.05) is 34.3 Å². The van der Waals surface area contributed by atoms with Gasteiger partial charge in [-0.2, -0.15) is 0 Å². The zero-order valence-corrected chi connectivity index (χ0v) is 14.9. The van der Waals surface area contributed by atoms with Crippen LogP contribution < -0.4 is 0 Å². The van der Waals surface area contributed by atoms with Crippen LogP contribution in [0.2, 0.25) is 0 Å². The molecule has 0 radical (unpaired) electrons. The van der Waals surface area contributed by atoms with Gasteiger partial charge >= 0.3 is 5.97 Å². The van der Waals surface area contributed by atoms with Gasteiger partial charge in [-0.3, -0.25) is 9.59 Å². The number of H-pyrrole nitrogens is 1. The third-order valence-electron chi connectivity index (χ3n) is 4.61. The highest BCUT2D eigenvalue weighted by Crippen LogP contribution is 2.24. The molecule has 1 aliphatic heterocycles. The monoisotopic (exact) mass is 335 g/mol. The first kappa shape index (κ1) is 18.0. The van der Waals surface area contributed by atoms with E-state index in [1.165, 1.54) is 7.11 Å². The number of carbonyl (C=O) groups excluding carboxylic acids is 3. The van der Waals surface area contributed by atoms with Crippen LogP contribution in [0.5, 0.6) is 0 Å². The van der Waals surface area contributed by atoms with Crippen molar-refractivity contribution in [3.63, 3.8) is 0 Å². The molecule has 0 aromatic carbocycles. The summed E-state index contributed by atoms with van der Waals surface area (Å²) in [5.41, 5.74) is 2.07. The molecule has 0 aliphatic carbocycles. The number of carbonyl (C=O) groups is 3. The van der Waals surface area contributed by atoms with Crippen molar-refractivity contribution in [1.82, 2.24) is 14.8 Å². The topological polar surface area (TPSA) is 82.7 Å². The Morgan fingerprint density at radius 3 is 2.25 bits per heavy atom. The van der Waals surface area contributed by atoms with Crippen molar-refractivity contribution in [2.24, 2.45) is 5.92 Å². The predicted octanol–water partition coefficient (Wildman–Crippen LogP) is 1.36. The van der Waals surface area contributed by atoms with E-state index in [0.29, 0.717) is 48.4 Å². The third kappa shape index (κ3) is 3.29. The molecule has 1 aromatic rings. The van der Waals surface area contributed by atoms with Crippen LogP contribution in [-0.2, 0) is 9.53 Å². The van der Waals surface area contributed by atoms with Crippen molar-refractivity contribution in [3.05, 3.63) is 22.5 Å². The number of hydrogen-bond donors (Lipinski definition) is 1. The van der Waals surface area contributed by atoms with Crippen LogP contribution in [0, 0.1) is 19.8 Å². The molecule has 2 heterocycles. The first-order valence-corrected chi connectivity index (χ1v) is 8.05. The Morgan fingerprint density at radius 1 is 1.17 bits per heavy atom. The highest BCUT2D eigenvalue weighted by Gasteiger charge is 2.31. The van der Waals surface area contributed by atoms with Gasteiger partial charge in [-0.15, -0.1) is 0 Å². The molecule has 1 aliphatic rings. The zero-order valence-electron chi connectivity index (χ0n) is 14.9. The van der Waals surface area contributed by atoms with Gasteiger partial charge in [0.15, 0.2) is 0 Å². The lowest BCUT2D eigenvalue weighted by atomic mass is 9.95. The lowest BCUT2D eigenvalue weighted by Crippen LogP contribution is -2.43. The molecule has 24 heavy (non-hydrogen) atoms. The Labute approximate surface area is 141 Å². The summed E-state index contributed by atoms with van der Waals surface area (Å²) in [6.07, 6.45) is 1.32. The minimum Gasteiger partial charge on any atom is -0.465 e. The number of hydrogen-bond acceptors (Lipinski definition) is 4. The number of nitrogens with one attached hydrogen (secondary N) is 1. The highest BCUT2D eigenvalue weighted by atomic mass is 16.5. The van der Waals surface area contributed by atoms with E-state index >= 15 is 0 Å². The number of methoxy groups -OCH3 is 1. The van der Waals surface area contributed by atoms with E-state index in [-0.39, 0.29) is 17.7 Å². The molecule has 7 nitrogen and oxygen atoms in total. The summed E-state index contributed by atoms with van der Waals surface area (Å²) in [7, 11) is 4.82. The van der Waals surface area contributed by atoms with E-state index in [2.05, 4.69) is 4.98 Å². The minimum absolute atomic E-state index is 0.0267. The zero-order chi connectivity index (χ0) is 18.0. The van der Waals surface area contributed by atoms with Crippen molar-refractivity contribution in [3.8, 4) is 0 Å². The first-order chi connectivity index (χ1) is 11.3. The molecule has 0 atom stereocenters. The van der Waals surface area contributed by atoms with Gasteiger partial charge in [-0.1, -0.05) is 0 Å². The second-order valence-corrected chi connectivity index (χ2v) is 6.42. The molecule has 0 spiro atoms. The number of aryl methyl sites for hydroxylation is 1. The Hall–Kier alpha value is -2.31. The van der Waals surface area contributed by atoms with Crippen molar-refractivity contribution in [1.29, 1.82) is 0 Å². The number of aromatic nitrogens is 1. The molecule has 7 heteroatoms. The largest absolute Gasteiger partial charge is 0.465 e. The van der Waals surface area contributed by atoms with Crippen molar-refractivity contribution >= 4 is 17.8 Å². The molecule has 2 rings (SSSR count). The number of ether oxygens (including phenoxy) is 1. The average molecular weight is 335 g/mol. The van der Waals surface area contributed by atoms with E-state index in [1.807, 2.05) is 0 Å². The fourth-order valence-electron chi connectivity index (χ4n) is 3.22. The summed E-state index contributed by atoms with van der Waals surface area (Å²) < 4.78 is 4.77. The molecule has 132 valence electrons. The Balaban J connectivity index is 2.12. The normalized spacial score (nSPS) is 15.3. The van der Waals surface area contributed by atoms with E-state index in [4.69, 9.17) is 4.74 Å². The minimum atomic E-state index is -0.449. The predicted molar refractivity (Wildman–Crippen MR) is 88.9 cm³/mol. The van der Waals surface area contributed by atoms with Crippen LogP contribution in [0.1, 0.15) is 44.9 Å². The lowest BCUT2D eigenvalue weighted by molar-refractivity contribution is -0.134. The van der Waals surface area contributed by atoms with E-state index in [0.717, 1.165) is 0 Å². The summed E-state index contributed by atoms with van der Waals surface area (Å²) in [5.74, 6) is -0.500. The summed E-state index contributed by atoms with van der Waals surface area (Å²) in [5, 5.41) is 0. The van der Waals surface area contributed by atoms with Crippen LogP contribution in [0.3, 0.4) is 0 Å². The van der Waals surface area contributed by atoms with Crippen LogP contribution in [0.4, 0.5) is 0 Å². The van der Waals surface area contributed by atoms with Crippen molar-refractivity contribution in [2.45, 2.75) is 26.7 Å². The number of amides is 2. The third-order valence-corrected chi connectivity index (χ3v) is 4.61.